The van der Waals surface area contributed by atoms with Crippen LogP contribution >= 0.6 is 0 Å². The quantitative estimate of drug-likeness (QED) is 0.0444. The van der Waals surface area contributed by atoms with Crippen LogP contribution in [0.25, 0.3) is 10.8 Å². The van der Waals surface area contributed by atoms with Crippen molar-refractivity contribution < 1.29 is 58.2 Å². The number of nitrogens with one attached hydrogen (secondary N) is 1. The molecule has 0 aromatic heterocycles. The number of hydrogen-bond acceptors (Lipinski definition) is 19. The van der Waals surface area contributed by atoms with Gasteiger partial charge in [0.25, 0.3) is 30.4 Å². The largest absolute Gasteiger partial charge is 0.505 e. The second-order valence-electron chi connectivity index (χ2n) is 14.8. The number of rotatable bonds is 16. The minimum Gasteiger partial charge on any atom is -0.505 e. The lowest BCUT2D eigenvalue weighted by Gasteiger charge is -2.12. The Morgan fingerprint density at radius 3 is 1.57 bits per heavy atom. The van der Waals surface area contributed by atoms with Gasteiger partial charge >= 0.3 is 0 Å². The number of phenolic OH excluding ortho intramolecular Hbond substituents is 1. The number of fused-ring (bicyclic) bond motifs is 1. The summed E-state index contributed by atoms with van der Waals surface area (Å²) >= 11 is 0. The lowest BCUT2D eigenvalue weighted by Crippen LogP contribution is -2.03. The summed E-state index contributed by atoms with van der Waals surface area (Å²) in [7, 11) is -10.5. The minimum absolute atomic E-state index is 0.0412. The topological polar surface area (TPSA) is 322 Å². The number of anilines is 2. The highest BCUT2D eigenvalue weighted by Gasteiger charge is 2.24. The number of azo groups is 4. The summed E-state index contributed by atoms with van der Waals surface area (Å²) in [6, 6.07) is 28.5. The van der Waals surface area contributed by atoms with Gasteiger partial charge < -0.3 is 24.6 Å². The van der Waals surface area contributed by atoms with Crippen molar-refractivity contribution in [2.45, 2.75) is 28.5 Å². The Bertz CT molecular complexity index is 3670. The Morgan fingerprint density at radius 2 is 0.986 bits per heavy atom. The smallest absolute Gasteiger partial charge is 0.296 e. The highest BCUT2D eigenvalue weighted by molar-refractivity contribution is 7.87. The second-order valence-corrected chi connectivity index (χ2v) is 19.0. The van der Waals surface area contributed by atoms with Crippen LogP contribution in [-0.4, -0.2) is 65.3 Å². The van der Waals surface area contributed by atoms with Gasteiger partial charge in [0.05, 0.1) is 43.3 Å². The lowest BCUT2D eigenvalue weighted by atomic mass is 10.1. The molecule has 70 heavy (non-hydrogen) atoms. The minimum atomic E-state index is -4.95. The second kappa shape index (κ2) is 20.3. The zero-order valence-corrected chi connectivity index (χ0v) is 39.7. The van der Waals surface area contributed by atoms with Crippen LogP contribution in [0.2, 0.25) is 0 Å². The van der Waals surface area contributed by atoms with E-state index in [1.54, 1.807) is 56.3 Å². The maximum absolute atomic E-state index is 12.6. The summed E-state index contributed by atoms with van der Waals surface area (Å²) in [6.45, 7) is 3.44. The molecule has 0 aliphatic rings. The molecule has 0 saturated carbocycles. The van der Waals surface area contributed by atoms with Gasteiger partial charge in [-0.1, -0.05) is 18.2 Å². The van der Waals surface area contributed by atoms with Crippen LogP contribution in [0, 0.1) is 13.8 Å². The molecule has 0 spiro atoms. The Kier molecular flexibility index (Phi) is 14.4. The van der Waals surface area contributed by atoms with E-state index in [4.69, 9.17) is 14.2 Å². The summed E-state index contributed by atoms with van der Waals surface area (Å²) in [6.07, 6.45) is 0. The number of aryl methyl sites for hydroxylation is 2. The van der Waals surface area contributed by atoms with Gasteiger partial charge in [0, 0.05) is 35.0 Å². The van der Waals surface area contributed by atoms with Crippen LogP contribution in [0.3, 0.4) is 0 Å². The molecule has 7 aromatic carbocycles. The molecule has 0 radical (unpaired) electrons. The number of ether oxygens (including phenoxy) is 3. The molecule has 360 valence electrons. The van der Waals surface area contributed by atoms with Crippen LogP contribution < -0.4 is 19.5 Å². The van der Waals surface area contributed by atoms with E-state index in [0.717, 1.165) is 17.8 Å². The van der Waals surface area contributed by atoms with E-state index < -0.39 is 56.5 Å². The number of para-hydroxylation sites is 1. The van der Waals surface area contributed by atoms with Crippen LogP contribution in [0.15, 0.2) is 171 Å². The molecule has 0 unspecified atom stereocenters. The third-order valence-electron chi connectivity index (χ3n) is 10.1. The SMILES string of the molecule is COc1cc(N=Nc2ccc(N=Nc3ccc(S(=O)(=O)O)cc3S(=O)(=O)O)c(C)c2)c(C)cc1N=Nc1cc(OC)c(N=Nc2c(S(=O)(=O)O)cc3cc(Nc4ccccc4)ccc3c2O)cc1OC. The Labute approximate surface area is 400 Å². The van der Waals surface area contributed by atoms with Crippen molar-refractivity contribution in [2.75, 3.05) is 26.6 Å². The molecule has 25 heteroatoms. The number of hydrogen-bond donors (Lipinski definition) is 5. The number of aromatic hydroxyl groups is 1. The standard InChI is InChI=1S/C45H39N9O13S3/c1-25-17-30(12-15-33(25)48-49-34-16-13-31(68(56,57)58)21-42(34)69(59,60)61)47-50-35-22-39(65-3)36(18-26(35)2)51-52-37-23-41(67-5)38(24-40(37)66-4)53-54-44-43(70(62,63)64)20-27-19-29(11-14-32(27)45(44)55)46-28-9-7-6-8-10-28/h6-24,46,55H,1-5H3,(H,56,57,58)(H,59,60,61)(H,62,63,64). The Morgan fingerprint density at radius 1 is 0.457 bits per heavy atom. The molecule has 0 bridgehead atoms. The van der Waals surface area contributed by atoms with E-state index >= 15 is 0 Å². The van der Waals surface area contributed by atoms with Crippen LogP contribution in [-0.2, 0) is 30.4 Å². The van der Waals surface area contributed by atoms with Crippen LogP contribution in [0.1, 0.15) is 11.1 Å². The third-order valence-corrected chi connectivity index (χ3v) is 12.7. The van der Waals surface area contributed by atoms with Gasteiger partial charge in [-0.15, -0.1) is 25.6 Å². The van der Waals surface area contributed by atoms with Gasteiger partial charge in [-0.3, -0.25) is 13.7 Å². The van der Waals surface area contributed by atoms with Crippen LogP contribution in [0.4, 0.5) is 56.9 Å². The van der Waals surface area contributed by atoms with Crippen molar-refractivity contribution in [3.05, 3.63) is 126 Å². The molecule has 0 aliphatic carbocycles. The highest BCUT2D eigenvalue weighted by Crippen LogP contribution is 2.46. The van der Waals surface area contributed by atoms with Crippen molar-refractivity contribution in [1.29, 1.82) is 0 Å². The first kappa shape index (κ1) is 49.8. The molecular formula is C45H39N9O13S3. The normalized spacial score (nSPS) is 12.5. The van der Waals surface area contributed by atoms with Gasteiger partial charge in [-0.25, -0.2) is 0 Å². The fourth-order valence-electron chi connectivity index (χ4n) is 6.63. The van der Waals surface area contributed by atoms with Crippen LogP contribution in [0.5, 0.6) is 23.0 Å². The zero-order valence-electron chi connectivity index (χ0n) is 37.2. The molecular weight excluding hydrogens is 971 g/mol. The Balaban J connectivity index is 1.11. The Hall–Kier alpha value is -8.07. The van der Waals surface area contributed by atoms with Crippen molar-refractivity contribution in [1.82, 2.24) is 0 Å². The molecule has 5 N–H and O–H groups in total. The molecule has 0 saturated heterocycles. The molecule has 0 heterocycles. The summed E-state index contributed by atoms with van der Waals surface area (Å²) in [5.41, 5.74) is 3.25. The number of nitrogens with zero attached hydrogens (tertiary/aromatic N) is 8. The van der Waals surface area contributed by atoms with Gasteiger partial charge in [0.2, 0.25) is 0 Å². The summed E-state index contributed by atoms with van der Waals surface area (Å²) in [5, 5.41) is 48.6. The van der Waals surface area contributed by atoms with E-state index in [1.165, 1.54) is 45.6 Å². The van der Waals surface area contributed by atoms with Gasteiger partial charge in [-0.2, -0.15) is 40.6 Å². The van der Waals surface area contributed by atoms with E-state index in [0.29, 0.717) is 45.3 Å². The third kappa shape index (κ3) is 11.4. The van der Waals surface area contributed by atoms with E-state index in [-0.39, 0.29) is 45.4 Å². The lowest BCUT2D eigenvalue weighted by molar-refractivity contribution is 0.404. The molecule has 0 fully saturated rings. The summed E-state index contributed by atoms with van der Waals surface area (Å²) in [4.78, 5) is -2.33. The maximum atomic E-state index is 12.6. The maximum Gasteiger partial charge on any atom is 0.296 e. The van der Waals surface area contributed by atoms with E-state index in [9.17, 15) is 44.0 Å². The first-order valence-electron chi connectivity index (χ1n) is 20.1. The summed E-state index contributed by atoms with van der Waals surface area (Å²) < 4.78 is 118. The monoisotopic (exact) mass is 1010 g/mol. The average Bonchev–Trinajstić information content (AvgIpc) is 3.31. The fourth-order valence-corrected chi connectivity index (χ4v) is 8.52. The first-order valence-corrected chi connectivity index (χ1v) is 24.4. The summed E-state index contributed by atoms with van der Waals surface area (Å²) in [5.74, 6) is -0.0211. The van der Waals surface area contributed by atoms with Crippen molar-refractivity contribution in [3.63, 3.8) is 0 Å². The zero-order chi connectivity index (χ0) is 50.5. The molecule has 0 amide bonds. The van der Waals surface area contributed by atoms with Gasteiger partial charge in [-0.05, 0) is 109 Å². The van der Waals surface area contributed by atoms with Gasteiger partial charge in [0.1, 0.15) is 55.5 Å². The number of benzene rings is 7. The number of methoxy groups -OCH3 is 3. The highest BCUT2D eigenvalue weighted by atomic mass is 32.2. The van der Waals surface area contributed by atoms with Crippen molar-refractivity contribution >= 4 is 98.0 Å². The van der Waals surface area contributed by atoms with Gasteiger partial charge in [0.15, 0.2) is 5.75 Å². The van der Waals surface area contributed by atoms with E-state index in [2.05, 4.69) is 46.2 Å². The first-order chi connectivity index (χ1) is 33.2. The molecule has 7 rings (SSSR count). The molecule has 22 nitrogen and oxygen atoms in total. The molecule has 0 atom stereocenters. The molecule has 0 aliphatic heterocycles. The predicted octanol–water partition coefficient (Wildman–Crippen LogP) is 12.3. The predicted molar refractivity (Wildman–Crippen MR) is 256 cm³/mol. The molecule has 7 aromatic rings. The fraction of sp³-hybridized carbons (Fsp3) is 0.111. The average molecular weight is 1010 g/mol. The van der Waals surface area contributed by atoms with E-state index in [1.807, 2.05) is 30.3 Å². The number of phenols is 1. The van der Waals surface area contributed by atoms with Crippen molar-refractivity contribution in [3.8, 4) is 23.0 Å². The van der Waals surface area contributed by atoms with Crippen molar-refractivity contribution in [2.24, 2.45) is 40.9 Å².